The first-order valence-electron chi connectivity index (χ1n) is 10.6. The number of halogens is 1. The van der Waals surface area contributed by atoms with Crippen molar-refractivity contribution in [3.8, 4) is 12.1 Å². The van der Waals surface area contributed by atoms with Crippen molar-refractivity contribution in [2.45, 2.75) is 38.1 Å². The molecule has 0 unspecified atom stereocenters. The monoisotopic (exact) mass is 478 g/mol. The predicted molar refractivity (Wildman–Crippen MR) is 125 cm³/mol. The van der Waals surface area contributed by atoms with Gasteiger partial charge in [0.25, 0.3) is 0 Å². The summed E-state index contributed by atoms with van der Waals surface area (Å²) >= 11 is 1.22. The Morgan fingerprint density at radius 1 is 1.26 bits per heavy atom. The lowest BCUT2D eigenvalue weighted by atomic mass is 9.83. The molecule has 0 radical (unpaired) electrons. The standard InChI is InChI=1S/C25H23FN4O3S/c1-4-19-14(3)10-16(11-27)24(30-19)34-13-20-22(25(31)32-5-2)21(18(12-28)23(29)33-20)15-6-8-17(26)9-7-15/h6-10,21H,4-5,13,29H2,1-3H3/t21-/m0/s1. The molecule has 0 fully saturated rings. The summed E-state index contributed by atoms with van der Waals surface area (Å²) in [5.41, 5.74) is 8.88. The van der Waals surface area contributed by atoms with Crippen LogP contribution in [-0.4, -0.2) is 23.3 Å². The Kier molecular flexibility index (Phi) is 7.93. The molecule has 1 aliphatic rings. The third-order valence-electron chi connectivity index (χ3n) is 5.27. The van der Waals surface area contributed by atoms with Crippen LogP contribution in [0.15, 0.2) is 58.1 Å². The maximum Gasteiger partial charge on any atom is 0.338 e. The lowest BCUT2D eigenvalue weighted by molar-refractivity contribution is -0.139. The number of carbonyl (C=O) groups is 1. The first kappa shape index (κ1) is 24.8. The third kappa shape index (κ3) is 5.05. The van der Waals surface area contributed by atoms with Crippen molar-refractivity contribution in [2.75, 3.05) is 12.4 Å². The van der Waals surface area contributed by atoms with Crippen LogP contribution in [0.4, 0.5) is 4.39 Å². The second-order valence-corrected chi connectivity index (χ2v) is 8.36. The van der Waals surface area contributed by atoms with Gasteiger partial charge in [-0.25, -0.2) is 14.2 Å². The van der Waals surface area contributed by atoms with Crippen LogP contribution in [0.3, 0.4) is 0 Å². The molecule has 1 aromatic heterocycles. The molecule has 7 nitrogen and oxygen atoms in total. The second kappa shape index (κ2) is 10.9. The van der Waals surface area contributed by atoms with Gasteiger partial charge in [-0.15, -0.1) is 0 Å². The highest BCUT2D eigenvalue weighted by Crippen LogP contribution is 2.41. The summed E-state index contributed by atoms with van der Waals surface area (Å²) in [7, 11) is 0. The first-order valence-corrected chi connectivity index (χ1v) is 11.6. The van der Waals surface area contributed by atoms with E-state index in [2.05, 4.69) is 11.1 Å². The van der Waals surface area contributed by atoms with Crippen molar-refractivity contribution < 1.29 is 18.7 Å². The van der Waals surface area contributed by atoms with Crippen molar-refractivity contribution >= 4 is 17.7 Å². The summed E-state index contributed by atoms with van der Waals surface area (Å²) < 4.78 is 24.6. The molecule has 174 valence electrons. The second-order valence-electron chi connectivity index (χ2n) is 7.39. The minimum absolute atomic E-state index is 0.0304. The van der Waals surface area contributed by atoms with Crippen molar-refractivity contribution in [1.82, 2.24) is 4.98 Å². The summed E-state index contributed by atoms with van der Waals surface area (Å²) in [6.45, 7) is 5.65. The number of thioether (sulfide) groups is 1. The zero-order valence-corrected chi connectivity index (χ0v) is 19.8. The molecule has 0 saturated carbocycles. The predicted octanol–water partition coefficient (Wildman–Crippen LogP) is 4.38. The van der Waals surface area contributed by atoms with Crippen molar-refractivity contribution in [3.63, 3.8) is 0 Å². The van der Waals surface area contributed by atoms with E-state index >= 15 is 0 Å². The van der Waals surface area contributed by atoms with Gasteiger partial charge in [-0.3, -0.25) is 0 Å². The van der Waals surface area contributed by atoms with Gasteiger partial charge in [-0.05, 0) is 49.6 Å². The Labute approximate surface area is 201 Å². The first-order chi connectivity index (χ1) is 16.3. The number of aryl methyl sites for hydroxylation is 2. The molecule has 0 saturated heterocycles. The topological polar surface area (TPSA) is 122 Å². The number of nitriles is 2. The van der Waals surface area contributed by atoms with Crippen molar-refractivity contribution in [1.29, 1.82) is 10.5 Å². The fraction of sp³-hybridized carbons (Fsp3) is 0.280. The molecule has 34 heavy (non-hydrogen) atoms. The van der Waals surface area contributed by atoms with Gasteiger partial charge < -0.3 is 15.2 Å². The minimum atomic E-state index is -0.887. The quantitative estimate of drug-likeness (QED) is 0.459. The van der Waals surface area contributed by atoms with Crippen LogP contribution in [0.25, 0.3) is 0 Å². The number of nitrogens with two attached hydrogens (primary N) is 1. The number of aromatic nitrogens is 1. The molecule has 0 aliphatic carbocycles. The molecule has 9 heteroatoms. The summed E-state index contributed by atoms with van der Waals surface area (Å²) in [6.07, 6.45) is 0.701. The van der Waals surface area contributed by atoms with Gasteiger partial charge in [0, 0.05) is 5.69 Å². The molecule has 1 atom stereocenters. The summed E-state index contributed by atoms with van der Waals surface area (Å²) in [5, 5.41) is 19.8. The third-order valence-corrected chi connectivity index (χ3v) is 6.26. The van der Waals surface area contributed by atoms with Crippen molar-refractivity contribution in [2.24, 2.45) is 5.73 Å². The van der Waals surface area contributed by atoms with Crippen LogP contribution in [0.5, 0.6) is 0 Å². The van der Waals surface area contributed by atoms with Gasteiger partial charge >= 0.3 is 5.97 Å². The molecule has 0 bridgehead atoms. The SMILES string of the molecule is CCOC(=O)C1=C(CSc2nc(CC)c(C)cc2C#N)OC(N)=C(C#N)[C@@H]1c1ccc(F)cc1. The van der Waals surface area contributed by atoms with E-state index in [-0.39, 0.29) is 35.1 Å². The minimum Gasteiger partial charge on any atom is -0.463 e. The van der Waals surface area contributed by atoms with Gasteiger partial charge in [0.15, 0.2) is 0 Å². The zero-order chi connectivity index (χ0) is 24.8. The Hall–Kier alpha value is -3.82. The van der Waals surface area contributed by atoms with Gasteiger partial charge in [-0.2, -0.15) is 10.5 Å². The molecule has 1 aliphatic heterocycles. The number of esters is 1. The summed E-state index contributed by atoms with van der Waals surface area (Å²) in [6, 6.07) is 11.4. The van der Waals surface area contributed by atoms with E-state index in [9.17, 15) is 19.7 Å². The van der Waals surface area contributed by atoms with E-state index in [0.29, 0.717) is 22.6 Å². The summed E-state index contributed by atoms with van der Waals surface area (Å²) in [5.74, 6) is -1.85. The smallest absolute Gasteiger partial charge is 0.338 e. The molecule has 0 amide bonds. The molecule has 1 aromatic carbocycles. The van der Waals surface area contributed by atoms with Crippen LogP contribution in [0.2, 0.25) is 0 Å². The average Bonchev–Trinajstić information content (AvgIpc) is 2.83. The largest absolute Gasteiger partial charge is 0.463 e. The fourth-order valence-corrected chi connectivity index (χ4v) is 4.58. The molecule has 3 rings (SSSR count). The highest BCUT2D eigenvalue weighted by Gasteiger charge is 2.37. The van der Waals surface area contributed by atoms with E-state index in [1.165, 1.54) is 36.0 Å². The number of carbonyl (C=O) groups excluding carboxylic acids is 1. The number of pyridine rings is 1. The van der Waals surface area contributed by atoms with Crippen molar-refractivity contribution in [3.05, 3.63) is 81.3 Å². The number of rotatable bonds is 7. The molecular formula is C25H23FN4O3S. The van der Waals surface area contributed by atoms with Gasteiger partial charge in [0.2, 0.25) is 5.88 Å². The maximum absolute atomic E-state index is 13.6. The Bertz CT molecular complexity index is 1260. The van der Waals surface area contributed by atoms with Crippen LogP contribution >= 0.6 is 11.8 Å². The number of allylic oxidation sites excluding steroid dienone is 1. The van der Waals surface area contributed by atoms with E-state index in [1.54, 1.807) is 13.0 Å². The van der Waals surface area contributed by atoms with E-state index in [1.807, 2.05) is 19.9 Å². The van der Waals surface area contributed by atoms with Crippen LogP contribution < -0.4 is 5.73 Å². The lowest BCUT2D eigenvalue weighted by Gasteiger charge is -2.28. The summed E-state index contributed by atoms with van der Waals surface area (Å²) in [4.78, 5) is 17.6. The highest BCUT2D eigenvalue weighted by atomic mass is 32.2. The molecule has 2 aromatic rings. The van der Waals surface area contributed by atoms with Gasteiger partial charge in [-0.1, -0.05) is 30.8 Å². The number of ether oxygens (including phenoxy) is 2. The Morgan fingerprint density at radius 2 is 1.97 bits per heavy atom. The lowest BCUT2D eigenvalue weighted by Crippen LogP contribution is -2.27. The molecule has 2 heterocycles. The van der Waals surface area contributed by atoms with Gasteiger partial charge in [0.05, 0.1) is 29.4 Å². The number of hydrogen-bond acceptors (Lipinski definition) is 8. The molecule has 0 spiro atoms. The van der Waals surface area contributed by atoms with E-state index < -0.39 is 17.7 Å². The van der Waals surface area contributed by atoms with E-state index in [4.69, 9.17) is 15.2 Å². The van der Waals surface area contributed by atoms with E-state index in [0.717, 1.165) is 11.3 Å². The van der Waals surface area contributed by atoms with Crippen LogP contribution in [0, 0.1) is 35.4 Å². The average molecular weight is 479 g/mol. The normalized spacial score (nSPS) is 15.4. The van der Waals surface area contributed by atoms with Crippen LogP contribution in [-0.2, 0) is 20.7 Å². The van der Waals surface area contributed by atoms with Gasteiger partial charge in [0.1, 0.15) is 34.3 Å². The fourth-order valence-electron chi connectivity index (χ4n) is 3.66. The number of benzene rings is 1. The van der Waals surface area contributed by atoms with Crippen LogP contribution in [0.1, 0.15) is 42.1 Å². The number of hydrogen-bond donors (Lipinski definition) is 1. The molecular weight excluding hydrogens is 455 g/mol. The Balaban J connectivity index is 2.10. The molecule has 2 N–H and O–H groups in total. The zero-order valence-electron chi connectivity index (χ0n) is 19.0. The highest BCUT2D eigenvalue weighted by molar-refractivity contribution is 7.99. The maximum atomic E-state index is 13.6. The Morgan fingerprint density at radius 3 is 2.56 bits per heavy atom. The number of nitrogens with zero attached hydrogens (tertiary/aromatic N) is 3.